The lowest BCUT2D eigenvalue weighted by atomic mass is 10.1. The van der Waals surface area contributed by atoms with E-state index in [1.54, 1.807) is 12.1 Å². The van der Waals surface area contributed by atoms with Crippen molar-refractivity contribution in [3.63, 3.8) is 0 Å². The average Bonchev–Trinajstić information content (AvgIpc) is 3.20. The molecule has 2 aromatic carbocycles. The summed E-state index contributed by atoms with van der Waals surface area (Å²) in [7, 11) is 0. The van der Waals surface area contributed by atoms with Gasteiger partial charge in [0.25, 0.3) is 0 Å². The van der Waals surface area contributed by atoms with Crippen molar-refractivity contribution in [2.75, 3.05) is 29.4 Å². The van der Waals surface area contributed by atoms with Crippen LogP contribution in [0.2, 0.25) is 0 Å². The fourth-order valence-electron chi connectivity index (χ4n) is 3.74. The summed E-state index contributed by atoms with van der Waals surface area (Å²) >= 11 is 1.22. The lowest BCUT2D eigenvalue weighted by molar-refractivity contribution is -0.119. The number of amides is 2. The summed E-state index contributed by atoms with van der Waals surface area (Å²) in [5, 5.41) is 13.7. The van der Waals surface area contributed by atoms with Gasteiger partial charge in [-0.05, 0) is 36.4 Å². The number of nitrogens with one attached hydrogen (secondary N) is 1. The summed E-state index contributed by atoms with van der Waals surface area (Å²) in [5.41, 5.74) is 1.57. The molecule has 0 radical (unpaired) electrons. The van der Waals surface area contributed by atoms with Crippen LogP contribution in [0.3, 0.4) is 0 Å². The molecule has 9 heteroatoms. The highest BCUT2D eigenvalue weighted by Gasteiger charge is 2.33. The predicted octanol–water partition coefficient (Wildman–Crippen LogP) is 4.67. The van der Waals surface area contributed by atoms with Crippen LogP contribution in [0.25, 0.3) is 0 Å². The van der Waals surface area contributed by atoms with Crippen molar-refractivity contribution < 1.29 is 18.7 Å². The van der Waals surface area contributed by atoms with E-state index in [0.29, 0.717) is 24.3 Å². The minimum Gasteiger partial charge on any atom is -0.442 e. The number of halogens is 1. The maximum atomic E-state index is 14.8. The predicted molar refractivity (Wildman–Crippen MR) is 132 cm³/mol. The summed E-state index contributed by atoms with van der Waals surface area (Å²) in [5.74, 6) is -0.662. The molecule has 0 aromatic heterocycles. The summed E-state index contributed by atoms with van der Waals surface area (Å²) in [6.07, 6.45) is 0.349. The topological polar surface area (TPSA) is 85.7 Å². The van der Waals surface area contributed by atoms with Crippen LogP contribution >= 0.6 is 11.8 Å². The van der Waals surface area contributed by atoms with Crippen molar-refractivity contribution in [1.82, 2.24) is 5.32 Å². The zero-order valence-corrected chi connectivity index (χ0v) is 19.8. The molecule has 0 spiro atoms. The van der Waals surface area contributed by atoms with Gasteiger partial charge >= 0.3 is 6.09 Å². The highest BCUT2D eigenvalue weighted by Crippen LogP contribution is 2.35. The van der Waals surface area contributed by atoms with Crippen molar-refractivity contribution in [2.24, 2.45) is 0 Å². The largest absolute Gasteiger partial charge is 0.442 e. The molecule has 2 unspecified atom stereocenters. The monoisotopic (exact) mass is 482 g/mol. The molecule has 0 bridgehead atoms. The fourth-order valence-corrected chi connectivity index (χ4v) is 4.38. The van der Waals surface area contributed by atoms with E-state index in [1.807, 2.05) is 41.3 Å². The van der Waals surface area contributed by atoms with E-state index in [-0.39, 0.29) is 24.2 Å². The SMILES string of the molecule is C=C1CC(SC#N)CCN1c1ccc(N2CC(CNC(C)=O)OC2=O)cc1F.c1ccccc1. The molecule has 1 N–H and O–H groups in total. The highest BCUT2D eigenvalue weighted by molar-refractivity contribution is 8.04. The number of nitriles is 1. The first kappa shape index (κ1) is 25.1. The number of nitrogens with zero attached hydrogens (tertiary/aromatic N) is 3. The van der Waals surface area contributed by atoms with Gasteiger partial charge in [0.05, 0.1) is 24.5 Å². The molecule has 0 aliphatic carbocycles. The van der Waals surface area contributed by atoms with E-state index in [0.717, 1.165) is 12.1 Å². The molecular weight excluding hydrogens is 455 g/mol. The van der Waals surface area contributed by atoms with Gasteiger partial charge in [-0.25, -0.2) is 9.18 Å². The van der Waals surface area contributed by atoms with Crippen LogP contribution in [0.4, 0.5) is 20.6 Å². The lowest BCUT2D eigenvalue weighted by Crippen LogP contribution is -2.33. The van der Waals surface area contributed by atoms with E-state index in [1.165, 1.54) is 29.7 Å². The Kier molecular flexibility index (Phi) is 8.93. The number of ether oxygens (including phenoxy) is 1. The molecule has 178 valence electrons. The third kappa shape index (κ3) is 6.75. The number of carbonyl (C=O) groups is 2. The maximum absolute atomic E-state index is 14.8. The van der Waals surface area contributed by atoms with Gasteiger partial charge in [-0.15, -0.1) is 0 Å². The Hall–Kier alpha value is -3.51. The molecule has 2 atom stereocenters. The first-order valence-electron chi connectivity index (χ1n) is 10.9. The van der Waals surface area contributed by atoms with Crippen molar-refractivity contribution in [2.45, 2.75) is 31.1 Å². The molecule has 2 heterocycles. The Balaban J connectivity index is 0.000000469. The van der Waals surface area contributed by atoms with E-state index in [4.69, 9.17) is 10.00 Å². The van der Waals surface area contributed by atoms with Gasteiger partial charge in [0.15, 0.2) is 0 Å². The van der Waals surface area contributed by atoms with Gasteiger partial charge in [0.2, 0.25) is 5.91 Å². The standard InChI is InChI=1S/C19H21FN4O3S.C6H6/c1-12-7-16(28-11-21)5-6-23(12)18-4-3-14(8-17(18)20)24-10-15(27-19(24)26)9-22-13(2)25;1-2-4-6-5-3-1/h3-4,8,15-16H,1,5-7,9-10H2,2H3,(H,22,25);1-6H. The molecule has 0 saturated carbocycles. The summed E-state index contributed by atoms with van der Waals surface area (Å²) < 4.78 is 20.0. The van der Waals surface area contributed by atoms with Crippen molar-refractivity contribution >= 4 is 35.1 Å². The first-order chi connectivity index (χ1) is 16.4. The van der Waals surface area contributed by atoms with E-state index < -0.39 is 18.0 Å². The van der Waals surface area contributed by atoms with Gasteiger partial charge in [-0.3, -0.25) is 9.69 Å². The molecule has 2 saturated heterocycles. The van der Waals surface area contributed by atoms with E-state index in [9.17, 15) is 14.0 Å². The number of benzene rings is 2. The number of piperidine rings is 1. The number of thiocyanates is 1. The van der Waals surface area contributed by atoms with E-state index >= 15 is 0 Å². The Morgan fingerprint density at radius 1 is 1.26 bits per heavy atom. The average molecular weight is 483 g/mol. The maximum Gasteiger partial charge on any atom is 0.414 e. The minimum atomic E-state index is -0.568. The molecule has 2 aliphatic rings. The first-order valence-corrected chi connectivity index (χ1v) is 11.8. The van der Waals surface area contributed by atoms with E-state index in [2.05, 4.69) is 17.3 Å². The second-order valence-electron chi connectivity index (χ2n) is 7.89. The second kappa shape index (κ2) is 12.1. The number of rotatable bonds is 5. The summed E-state index contributed by atoms with van der Waals surface area (Å²) in [6.45, 7) is 6.44. The van der Waals surface area contributed by atoms with Gasteiger partial charge in [0, 0.05) is 30.8 Å². The van der Waals surface area contributed by atoms with Crippen molar-refractivity contribution in [1.29, 1.82) is 5.26 Å². The molecule has 2 amide bonds. The van der Waals surface area contributed by atoms with Crippen LogP contribution in [0, 0.1) is 16.5 Å². The summed E-state index contributed by atoms with van der Waals surface area (Å²) in [6, 6.07) is 16.6. The van der Waals surface area contributed by atoms with Gasteiger partial charge < -0.3 is 15.0 Å². The Morgan fingerprint density at radius 2 is 1.94 bits per heavy atom. The number of carbonyl (C=O) groups excluding carboxylic acids is 2. The lowest BCUT2D eigenvalue weighted by Gasteiger charge is -2.34. The number of anilines is 2. The van der Waals surface area contributed by atoms with Crippen LogP contribution in [0.1, 0.15) is 19.8 Å². The zero-order chi connectivity index (χ0) is 24.5. The molecule has 2 aromatic rings. The third-order valence-corrected chi connectivity index (χ3v) is 6.23. The number of allylic oxidation sites excluding steroid dienone is 1. The van der Waals surface area contributed by atoms with Crippen LogP contribution in [-0.4, -0.2) is 43.0 Å². The Labute approximate surface area is 203 Å². The van der Waals surface area contributed by atoms with Crippen molar-refractivity contribution in [3.05, 3.63) is 72.7 Å². The number of cyclic esters (lactones) is 1. The number of hydrogen-bond donors (Lipinski definition) is 1. The quantitative estimate of drug-likeness (QED) is 0.624. The molecule has 4 rings (SSSR count). The van der Waals surface area contributed by atoms with Gasteiger partial charge in [-0.1, -0.05) is 43.0 Å². The molecular formula is C25H27FN4O3S. The molecule has 7 nitrogen and oxygen atoms in total. The normalized spacial score (nSPS) is 19.6. The van der Waals surface area contributed by atoms with Crippen molar-refractivity contribution in [3.8, 4) is 5.40 Å². The molecule has 2 aliphatic heterocycles. The van der Waals surface area contributed by atoms with Gasteiger partial charge in [-0.2, -0.15) is 5.26 Å². The smallest absolute Gasteiger partial charge is 0.414 e. The van der Waals surface area contributed by atoms with Gasteiger partial charge in [0.1, 0.15) is 17.3 Å². The number of hydrogen-bond acceptors (Lipinski definition) is 6. The fraction of sp³-hybridized carbons (Fsp3) is 0.320. The Bertz CT molecular complexity index is 1030. The van der Waals surface area contributed by atoms with Crippen LogP contribution in [0.15, 0.2) is 66.9 Å². The Morgan fingerprint density at radius 3 is 2.50 bits per heavy atom. The zero-order valence-electron chi connectivity index (χ0n) is 18.9. The molecule has 34 heavy (non-hydrogen) atoms. The minimum absolute atomic E-state index is 0.177. The van der Waals surface area contributed by atoms with Crippen LogP contribution in [-0.2, 0) is 9.53 Å². The molecule has 2 fully saturated rings. The second-order valence-corrected chi connectivity index (χ2v) is 8.97. The van der Waals surface area contributed by atoms with Crippen LogP contribution < -0.4 is 15.1 Å². The summed E-state index contributed by atoms with van der Waals surface area (Å²) in [4.78, 5) is 26.3. The number of thioether (sulfide) groups is 1. The highest BCUT2D eigenvalue weighted by atomic mass is 32.2. The third-order valence-electron chi connectivity index (χ3n) is 5.39. The van der Waals surface area contributed by atoms with Crippen LogP contribution in [0.5, 0.6) is 0 Å².